The number of phenols is 1. The van der Waals surface area contributed by atoms with Crippen LogP contribution in [0.15, 0.2) is 64.8 Å². The fourth-order valence-electron chi connectivity index (χ4n) is 3.08. The van der Waals surface area contributed by atoms with Crippen molar-refractivity contribution in [2.75, 3.05) is 0 Å². The van der Waals surface area contributed by atoms with E-state index in [9.17, 15) is 5.11 Å². The minimum absolute atomic E-state index is 0.337. The topological polar surface area (TPSA) is 20.2 Å². The highest BCUT2D eigenvalue weighted by Crippen LogP contribution is 2.32. The number of phenolic OH excluding ortho intramolecular Hbond substituents is 1. The molecule has 112 valence electrons. The van der Waals surface area contributed by atoms with E-state index in [1.165, 1.54) is 27.9 Å². The smallest absolute Gasteiger partial charge is 0.123 e. The van der Waals surface area contributed by atoms with E-state index < -0.39 is 0 Å². The van der Waals surface area contributed by atoms with Crippen molar-refractivity contribution in [2.45, 2.75) is 27.7 Å². The van der Waals surface area contributed by atoms with Crippen LogP contribution in [0.1, 0.15) is 27.7 Å². The van der Waals surface area contributed by atoms with Gasteiger partial charge in [0, 0.05) is 5.22 Å². The van der Waals surface area contributed by atoms with Gasteiger partial charge in [-0.3, -0.25) is 0 Å². The highest BCUT2D eigenvalue weighted by Gasteiger charge is 2.17. The lowest BCUT2D eigenvalue weighted by Gasteiger charge is -2.13. The molecule has 1 heteroatoms. The molecule has 1 aromatic rings. The average molecular weight is 290 g/mol. The SMILES string of the molecule is CC1=CC=c2c(O)cccc2=C2C(C)=CC=C(C(C)C)C=C12. The first-order valence-corrected chi connectivity index (χ1v) is 7.81. The number of fused-ring (bicyclic) bond motifs is 2. The summed E-state index contributed by atoms with van der Waals surface area (Å²) in [5.74, 6) is 0.823. The largest absolute Gasteiger partial charge is 0.507 e. The number of aromatic hydroxyl groups is 1. The van der Waals surface area contributed by atoms with E-state index in [2.05, 4.69) is 58.1 Å². The van der Waals surface area contributed by atoms with Crippen molar-refractivity contribution in [2.24, 2.45) is 5.92 Å². The van der Waals surface area contributed by atoms with Crippen molar-refractivity contribution in [3.63, 3.8) is 0 Å². The van der Waals surface area contributed by atoms with Crippen molar-refractivity contribution in [3.05, 3.63) is 75.2 Å². The second kappa shape index (κ2) is 5.49. The molecule has 0 saturated carbocycles. The van der Waals surface area contributed by atoms with Crippen molar-refractivity contribution >= 4 is 11.6 Å². The third-order valence-corrected chi connectivity index (χ3v) is 4.44. The van der Waals surface area contributed by atoms with Crippen LogP contribution in [0.5, 0.6) is 5.75 Å². The van der Waals surface area contributed by atoms with Gasteiger partial charge in [-0.2, -0.15) is 0 Å². The Bertz CT molecular complexity index is 871. The maximum Gasteiger partial charge on any atom is 0.123 e. The van der Waals surface area contributed by atoms with Crippen LogP contribution in [0, 0.1) is 5.92 Å². The minimum Gasteiger partial charge on any atom is -0.507 e. The molecule has 0 unspecified atom stereocenters. The Labute approximate surface area is 132 Å². The Hall–Kier alpha value is -2.28. The third-order valence-electron chi connectivity index (χ3n) is 4.44. The summed E-state index contributed by atoms with van der Waals surface area (Å²) >= 11 is 0. The van der Waals surface area contributed by atoms with Gasteiger partial charge >= 0.3 is 0 Å². The lowest BCUT2D eigenvalue weighted by Crippen LogP contribution is -2.27. The zero-order chi connectivity index (χ0) is 15.9. The van der Waals surface area contributed by atoms with E-state index in [1.54, 1.807) is 6.07 Å². The molecule has 0 spiro atoms. The fraction of sp³-hybridized carbons (Fsp3) is 0.238. The Morgan fingerprint density at radius 1 is 0.909 bits per heavy atom. The molecule has 1 aromatic carbocycles. The van der Waals surface area contributed by atoms with Crippen LogP contribution in [0.3, 0.4) is 0 Å². The van der Waals surface area contributed by atoms with Gasteiger partial charge in [0.25, 0.3) is 0 Å². The summed E-state index contributed by atoms with van der Waals surface area (Å²) in [7, 11) is 0. The summed E-state index contributed by atoms with van der Waals surface area (Å²) in [4.78, 5) is 0. The molecule has 0 saturated heterocycles. The Balaban J connectivity index is 2.46. The molecular formula is C21H22O. The molecule has 1 nitrogen and oxygen atoms in total. The van der Waals surface area contributed by atoms with Crippen LogP contribution in [0.25, 0.3) is 11.6 Å². The van der Waals surface area contributed by atoms with Gasteiger partial charge in [-0.15, -0.1) is 0 Å². The molecule has 0 aromatic heterocycles. The third kappa shape index (κ3) is 2.37. The molecule has 0 heterocycles. The Morgan fingerprint density at radius 3 is 2.36 bits per heavy atom. The molecular weight excluding hydrogens is 268 g/mol. The monoisotopic (exact) mass is 290 g/mol. The second-order valence-electron chi connectivity index (χ2n) is 6.36. The summed E-state index contributed by atoms with van der Waals surface area (Å²) < 4.78 is 0. The molecule has 0 atom stereocenters. The van der Waals surface area contributed by atoms with Crippen LogP contribution in [-0.2, 0) is 0 Å². The molecule has 0 amide bonds. The van der Waals surface area contributed by atoms with E-state index in [-0.39, 0.29) is 0 Å². The maximum atomic E-state index is 10.2. The van der Waals surface area contributed by atoms with Gasteiger partial charge in [-0.25, -0.2) is 0 Å². The first-order valence-electron chi connectivity index (χ1n) is 7.81. The molecule has 22 heavy (non-hydrogen) atoms. The summed E-state index contributed by atoms with van der Waals surface area (Å²) in [6.45, 7) is 8.73. The van der Waals surface area contributed by atoms with Gasteiger partial charge in [-0.1, -0.05) is 56.4 Å². The van der Waals surface area contributed by atoms with E-state index in [4.69, 9.17) is 0 Å². The van der Waals surface area contributed by atoms with E-state index in [0.29, 0.717) is 11.7 Å². The predicted octanol–water partition coefficient (Wildman–Crippen LogP) is 3.75. The van der Waals surface area contributed by atoms with Crippen molar-refractivity contribution in [1.82, 2.24) is 0 Å². The van der Waals surface area contributed by atoms with E-state index in [1.807, 2.05) is 12.1 Å². The van der Waals surface area contributed by atoms with Gasteiger partial charge in [-0.05, 0) is 58.9 Å². The normalized spacial score (nSPS) is 17.2. The van der Waals surface area contributed by atoms with Crippen LogP contribution < -0.4 is 10.4 Å². The second-order valence-corrected chi connectivity index (χ2v) is 6.36. The molecule has 2 aliphatic rings. The summed E-state index contributed by atoms with van der Waals surface area (Å²) in [5.41, 5.74) is 6.27. The number of benzene rings is 1. The highest BCUT2D eigenvalue weighted by molar-refractivity contribution is 5.86. The van der Waals surface area contributed by atoms with Gasteiger partial charge in [0.15, 0.2) is 0 Å². The number of allylic oxidation sites excluding steroid dienone is 8. The van der Waals surface area contributed by atoms with Crippen molar-refractivity contribution in [1.29, 1.82) is 0 Å². The van der Waals surface area contributed by atoms with Gasteiger partial charge in [0.2, 0.25) is 0 Å². The predicted molar refractivity (Wildman–Crippen MR) is 93.7 cm³/mol. The molecule has 2 aliphatic carbocycles. The molecule has 0 bridgehead atoms. The first-order chi connectivity index (χ1) is 10.5. The van der Waals surface area contributed by atoms with Gasteiger partial charge in [0.05, 0.1) is 0 Å². The number of hydrogen-bond donors (Lipinski definition) is 1. The van der Waals surface area contributed by atoms with Crippen LogP contribution in [0.4, 0.5) is 0 Å². The fourth-order valence-corrected chi connectivity index (χ4v) is 3.08. The molecule has 3 rings (SSSR count). The minimum atomic E-state index is 0.337. The maximum absolute atomic E-state index is 10.2. The quantitative estimate of drug-likeness (QED) is 0.835. The van der Waals surface area contributed by atoms with Gasteiger partial charge < -0.3 is 5.11 Å². The van der Waals surface area contributed by atoms with Crippen LogP contribution in [-0.4, -0.2) is 5.11 Å². The first kappa shape index (κ1) is 14.6. The lowest BCUT2D eigenvalue weighted by atomic mass is 9.91. The van der Waals surface area contributed by atoms with Crippen LogP contribution >= 0.6 is 0 Å². The zero-order valence-corrected chi connectivity index (χ0v) is 13.6. The van der Waals surface area contributed by atoms with E-state index in [0.717, 1.165) is 10.4 Å². The number of rotatable bonds is 1. The lowest BCUT2D eigenvalue weighted by molar-refractivity contribution is 0.470. The summed E-state index contributed by atoms with van der Waals surface area (Å²) in [5, 5.41) is 12.2. The molecule has 0 fully saturated rings. The molecule has 0 aliphatic heterocycles. The molecule has 0 radical (unpaired) electrons. The average Bonchev–Trinajstić information content (AvgIpc) is 2.72. The van der Waals surface area contributed by atoms with Crippen molar-refractivity contribution in [3.8, 4) is 5.75 Å². The van der Waals surface area contributed by atoms with Crippen molar-refractivity contribution < 1.29 is 5.11 Å². The Kier molecular flexibility index (Phi) is 3.66. The standard InChI is InChI=1S/C21H22O/c1-13(2)16-10-8-15(4)21-18-6-5-7-20(22)17(18)11-9-14(3)19(21)12-16/h5-13,22H,1-4H3. The Morgan fingerprint density at radius 2 is 1.64 bits per heavy atom. The van der Waals surface area contributed by atoms with Crippen LogP contribution in [0.2, 0.25) is 0 Å². The summed E-state index contributed by atoms with van der Waals surface area (Å²) in [6, 6.07) is 5.77. The summed E-state index contributed by atoms with van der Waals surface area (Å²) in [6.07, 6.45) is 10.8. The van der Waals surface area contributed by atoms with Gasteiger partial charge in [0.1, 0.15) is 5.75 Å². The van der Waals surface area contributed by atoms with E-state index >= 15 is 0 Å². The zero-order valence-electron chi connectivity index (χ0n) is 13.6. The highest BCUT2D eigenvalue weighted by atomic mass is 16.3. The molecule has 1 N–H and O–H groups in total. The number of hydrogen-bond acceptors (Lipinski definition) is 1.